The lowest BCUT2D eigenvalue weighted by atomic mass is 10.1. The number of nitrogens with one attached hydrogen (secondary N) is 1. The monoisotopic (exact) mass is 301 g/mol. The summed E-state index contributed by atoms with van der Waals surface area (Å²) in [6.45, 7) is 0. The number of rotatable bonds is 4. The Balaban J connectivity index is 2.57. The minimum atomic E-state index is -4.08. The average molecular weight is 302 g/mol. The fraction of sp³-hybridized carbons (Fsp3) is 0.556. The maximum Gasteiger partial charge on any atom is 0.389 e. The summed E-state index contributed by atoms with van der Waals surface area (Å²) in [4.78, 5) is 0.925. The molecule has 6 heteroatoms. The molecular weight excluding hydrogens is 291 g/mol. The first-order valence-electron chi connectivity index (χ1n) is 4.41. The van der Waals surface area contributed by atoms with E-state index in [0.29, 0.717) is 0 Å². The first-order chi connectivity index (χ1) is 6.92. The highest BCUT2D eigenvalue weighted by molar-refractivity contribution is 9.11. The molecule has 0 fully saturated rings. The summed E-state index contributed by atoms with van der Waals surface area (Å²) in [5.41, 5.74) is 0. The first-order valence-corrected chi connectivity index (χ1v) is 6.02. The van der Waals surface area contributed by atoms with Gasteiger partial charge in [0.05, 0.1) is 3.79 Å². The predicted molar refractivity (Wildman–Crippen MR) is 59.1 cm³/mol. The molecule has 15 heavy (non-hydrogen) atoms. The van der Waals surface area contributed by atoms with E-state index in [1.807, 2.05) is 12.1 Å². The summed E-state index contributed by atoms with van der Waals surface area (Å²) in [6.07, 6.45) is -4.76. The second-order valence-electron chi connectivity index (χ2n) is 3.14. The van der Waals surface area contributed by atoms with Gasteiger partial charge < -0.3 is 5.32 Å². The van der Waals surface area contributed by atoms with Crippen LogP contribution in [0.15, 0.2) is 15.9 Å². The lowest BCUT2D eigenvalue weighted by Gasteiger charge is -2.15. The maximum atomic E-state index is 12.0. The normalized spacial score (nSPS) is 14.2. The molecule has 0 saturated carbocycles. The molecule has 0 aliphatic carbocycles. The van der Waals surface area contributed by atoms with Gasteiger partial charge in [-0.2, -0.15) is 13.2 Å². The smallest absolute Gasteiger partial charge is 0.312 e. The van der Waals surface area contributed by atoms with Crippen LogP contribution >= 0.6 is 27.3 Å². The van der Waals surface area contributed by atoms with Crippen LogP contribution in [-0.2, 0) is 0 Å². The summed E-state index contributed by atoms with van der Waals surface area (Å²) in [6, 6.07) is 3.47. The molecule has 1 N–H and O–H groups in total. The first kappa shape index (κ1) is 13.0. The molecule has 0 aromatic carbocycles. The zero-order valence-corrected chi connectivity index (χ0v) is 10.5. The Morgan fingerprint density at radius 2 is 2.13 bits per heavy atom. The van der Waals surface area contributed by atoms with Crippen molar-refractivity contribution >= 4 is 27.3 Å². The van der Waals surface area contributed by atoms with E-state index >= 15 is 0 Å². The number of thiophene rings is 1. The van der Waals surface area contributed by atoms with Gasteiger partial charge in [0.2, 0.25) is 0 Å². The van der Waals surface area contributed by atoms with E-state index in [-0.39, 0.29) is 12.5 Å². The minimum absolute atomic E-state index is 0.0763. The van der Waals surface area contributed by atoms with E-state index in [2.05, 4.69) is 21.2 Å². The number of hydrogen-bond donors (Lipinski definition) is 1. The molecular formula is C9H11BrF3NS. The molecule has 1 unspecified atom stereocenters. The van der Waals surface area contributed by atoms with Gasteiger partial charge in [0.25, 0.3) is 0 Å². The van der Waals surface area contributed by atoms with E-state index in [1.54, 1.807) is 7.05 Å². The molecule has 0 aliphatic rings. The van der Waals surface area contributed by atoms with Crippen molar-refractivity contribution < 1.29 is 13.2 Å². The Labute approximate surface area is 98.8 Å². The molecule has 1 atom stereocenters. The third kappa shape index (κ3) is 4.53. The van der Waals surface area contributed by atoms with Crippen LogP contribution in [0.2, 0.25) is 0 Å². The second-order valence-corrected chi connectivity index (χ2v) is 5.63. The van der Waals surface area contributed by atoms with Gasteiger partial charge in [-0.15, -0.1) is 11.3 Å². The quantitative estimate of drug-likeness (QED) is 0.882. The van der Waals surface area contributed by atoms with Crippen molar-refractivity contribution in [2.24, 2.45) is 0 Å². The molecule has 0 saturated heterocycles. The molecule has 0 spiro atoms. The molecule has 0 radical (unpaired) electrons. The van der Waals surface area contributed by atoms with E-state index in [1.165, 1.54) is 11.3 Å². The zero-order chi connectivity index (χ0) is 11.5. The third-order valence-electron chi connectivity index (χ3n) is 2.00. The van der Waals surface area contributed by atoms with E-state index in [9.17, 15) is 13.2 Å². The van der Waals surface area contributed by atoms with Crippen molar-refractivity contribution in [3.05, 3.63) is 20.8 Å². The Kier molecular flexibility index (Phi) is 4.61. The van der Waals surface area contributed by atoms with Crippen LogP contribution in [0.3, 0.4) is 0 Å². The second kappa shape index (κ2) is 5.32. The zero-order valence-electron chi connectivity index (χ0n) is 8.07. The lowest BCUT2D eigenvalue weighted by Crippen LogP contribution is -2.18. The largest absolute Gasteiger partial charge is 0.389 e. The van der Waals surface area contributed by atoms with Crippen LogP contribution in [0, 0.1) is 0 Å². The van der Waals surface area contributed by atoms with Crippen molar-refractivity contribution in [2.75, 3.05) is 7.05 Å². The highest BCUT2D eigenvalue weighted by Gasteiger charge is 2.28. The Hall–Kier alpha value is -0.0700. The van der Waals surface area contributed by atoms with Crippen LogP contribution in [-0.4, -0.2) is 13.2 Å². The number of halogens is 4. The van der Waals surface area contributed by atoms with E-state index < -0.39 is 12.6 Å². The lowest BCUT2D eigenvalue weighted by molar-refractivity contribution is -0.136. The Bertz CT molecular complexity index is 311. The van der Waals surface area contributed by atoms with Gasteiger partial charge in [0, 0.05) is 17.3 Å². The Morgan fingerprint density at radius 1 is 1.47 bits per heavy atom. The molecule has 1 aromatic rings. The molecule has 1 rings (SSSR count). The highest BCUT2D eigenvalue weighted by Crippen LogP contribution is 2.32. The molecule has 0 bridgehead atoms. The summed E-state index contributed by atoms with van der Waals surface area (Å²) in [5.74, 6) is 0. The van der Waals surface area contributed by atoms with Crippen LogP contribution < -0.4 is 5.32 Å². The number of hydrogen-bond acceptors (Lipinski definition) is 2. The topological polar surface area (TPSA) is 12.0 Å². The van der Waals surface area contributed by atoms with Crippen molar-refractivity contribution in [3.63, 3.8) is 0 Å². The van der Waals surface area contributed by atoms with Crippen LogP contribution in [0.4, 0.5) is 13.2 Å². The van der Waals surface area contributed by atoms with Crippen LogP contribution in [0.1, 0.15) is 23.8 Å². The van der Waals surface area contributed by atoms with E-state index in [0.717, 1.165) is 8.66 Å². The van der Waals surface area contributed by atoms with Crippen molar-refractivity contribution in [1.29, 1.82) is 0 Å². The molecule has 1 heterocycles. The molecule has 1 aromatic heterocycles. The maximum absolute atomic E-state index is 12.0. The van der Waals surface area contributed by atoms with Gasteiger partial charge in [0.1, 0.15) is 0 Å². The number of alkyl halides is 3. The van der Waals surface area contributed by atoms with Crippen LogP contribution in [0.5, 0.6) is 0 Å². The molecule has 0 aliphatic heterocycles. The standard InChI is InChI=1S/C9H11BrF3NS/c1-14-6(4-5-9(11,12)13)7-2-3-8(10)15-7/h2-3,6,14H,4-5H2,1H3. The summed E-state index contributed by atoms with van der Waals surface area (Å²) >= 11 is 4.75. The van der Waals surface area contributed by atoms with Gasteiger partial charge in [0.15, 0.2) is 0 Å². The summed E-state index contributed by atoms with van der Waals surface area (Å²) in [5, 5.41) is 2.89. The third-order valence-corrected chi connectivity index (χ3v) is 3.74. The van der Waals surface area contributed by atoms with Gasteiger partial charge in [-0.1, -0.05) is 0 Å². The van der Waals surface area contributed by atoms with E-state index in [4.69, 9.17) is 0 Å². The van der Waals surface area contributed by atoms with Gasteiger partial charge >= 0.3 is 6.18 Å². The van der Waals surface area contributed by atoms with Gasteiger partial charge in [-0.05, 0) is 41.5 Å². The van der Waals surface area contributed by atoms with Crippen molar-refractivity contribution in [1.82, 2.24) is 5.32 Å². The fourth-order valence-electron chi connectivity index (χ4n) is 1.25. The predicted octanol–water partition coefficient (Wildman–Crippen LogP) is 4.11. The SMILES string of the molecule is CNC(CCC(F)(F)F)c1ccc(Br)s1. The van der Waals surface area contributed by atoms with Crippen molar-refractivity contribution in [2.45, 2.75) is 25.1 Å². The molecule has 1 nitrogen and oxygen atoms in total. The van der Waals surface area contributed by atoms with Gasteiger partial charge in [-0.3, -0.25) is 0 Å². The highest BCUT2D eigenvalue weighted by atomic mass is 79.9. The molecule has 86 valence electrons. The summed E-state index contributed by atoms with van der Waals surface area (Å²) < 4.78 is 37.1. The Morgan fingerprint density at radius 3 is 2.53 bits per heavy atom. The van der Waals surface area contributed by atoms with Crippen LogP contribution in [0.25, 0.3) is 0 Å². The summed E-state index contributed by atoms with van der Waals surface area (Å²) in [7, 11) is 1.68. The molecule has 0 amide bonds. The fourth-order valence-corrected chi connectivity index (χ4v) is 2.82. The minimum Gasteiger partial charge on any atom is -0.312 e. The van der Waals surface area contributed by atoms with Gasteiger partial charge in [-0.25, -0.2) is 0 Å². The van der Waals surface area contributed by atoms with Crippen molar-refractivity contribution in [3.8, 4) is 0 Å². The average Bonchev–Trinajstić information content (AvgIpc) is 2.51.